The standard InChI is InChI=1S/C40H52N8O5/c1-28(2)22-33-39(51)48-21-13-16-34(48)40(52)46(3)35(24-29-14-9-8-10-15-29)38(50)42-19-11-6-4-5-7-12-20-47-26-31(44-45-47)27-53-36-18-17-30(25-41)23-32(36)37(49)43-33/h8-10,14-15,17-18,23,26,28,33-35H,4-7,11-13,16,19-22,24,27H2,1-3H3,(H,42,50)(H,43,49)/t33-,34-,35+/m1/s1. The lowest BCUT2D eigenvalue weighted by Gasteiger charge is -2.34. The zero-order valence-electron chi connectivity index (χ0n) is 31.1. The predicted octanol–water partition coefficient (Wildman–Crippen LogP) is 4.40. The summed E-state index contributed by atoms with van der Waals surface area (Å²) in [5.41, 5.74) is 1.90. The van der Waals surface area contributed by atoms with E-state index in [-0.39, 0.29) is 47.1 Å². The fourth-order valence-corrected chi connectivity index (χ4v) is 7.05. The minimum absolute atomic E-state index is 0.0340. The second-order valence-corrected chi connectivity index (χ2v) is 14.5. The number of hydrogen-bond donors (Lipinski definition) is 2. The van der Waals surface area contributed by atoms with Crippen molar-refractivity contribution in [3.8, 4) is 11.8 Å². The van der Waals surface area contributed by atoms with E-state index in [0.717, 1.165) is 44.1 Å². The molecule has 1 fully saturated rings. The summed E-state index contributed by atoms with van der Waals surface area (Å²) in [7, 11) is 1.64. The number of nitrogens with zero attached hydrogens (tertiary/aromatic N) is 6. The van der Waals surface area contributed by atoms with E-state index >= 15 is 0 Å². The van der Waals surface area contributed by atoms with Crippen molar-refractivity contribution in [2.45, 2.75) is 109 Å². The summed E-state index contributed by atoms with van der Waals surface area (Å²) in [6.07, 6.45) is 9.44. The molecule has 3 aromatic rings. The first-order chi connectivity index (χ1) is 25.6. The van der Waals surface area contributed by atoms with Gasteiger partial charge in [0.25, 0.3) is 5.91 Å². The van der Waals surface area contributed by atoms with Gasteiger partial charge in [-0.1, -0.05) is 75.1 Å². The number of aromatic nitrogens is 3. The molecule has 3 heterocycles. The summed E-state index contributed by atoms with van der Waals surface area (Å²) in [4.78, 5) is 59.3. The van der Waals surface area contributed by atoms with Crippen LogP contribution in [0.25, 0.3) is 0 Å². The van der Waals surface area contributed by atoms with Crippen LogP contribution in [-0.4, -0.2) is 86.7 Å². The van der Waals surface area contributed by atoms with Crippen LogP contribution in [0.1, 0.15) is 98.8 Å². The highest BCUT2D eigenvalue weighted by Gasteiger charge is 2.41. The highest BCUT2D eigenvalue weighted by atomic mass is 16.5. The van der Waals surface area contributed by atoms with Crippen molar-refractivity contribution in [3.05, 3.63) is 77.1 Å². The first-order valence-corrected chi connectivity index (χ1v) is 18.9. The molecule has 2 bridgehead atoms. The Morgan fingerprint density at radius 3 is 2.45 bits per heavy atom. The van der Waals surface area contributed by atoms with Gasteiger partial charge in [0.05, 0.1) is 23.4 Å². The number of carbonyl (C=O) groups excluding carboxylic acids is 4. The second-order valence-electron chi connectivity index (χ2n) is 14.5. The molecule has 0 radical (unpaired) electrons. The average Bonchev–Trinajstić information content (AvgIpc) is 3.84. The van der Waals surface area contributed by atoms with E-state index in [9.17, 15) is 24.4 Å². The van der Waals surface area contributed by atoms with Gasteiger partial charge < -0.3 is 25.2 Å². The molecule has 0 unspecified atom stereocenters. The third-order valence-corrected chi connectivity index (χ3v) is 9.95. The van der Waals surface area contributed by atoms with Crippen molar-refractivity contribution in [2.24, 2.45) is 5.92 Å². The van der Waals surface area contributed by atoms with Crippen LogP contribution in [-0.2, 0) is 34.0 Å². The molecule has 2 aromatic carbocycles. The van der Waals surface area contributed by atoms with Crippen LogP contribution in [0.2, 0.25) is 0 Å². The Hall–Kier alpha value is -5.25. The molecule has 2 N–H and O–H groups in total. The molecule has 0 spiro atoms. The van der Waals surface area contributed by atoms with Gasteiger partial charge >= 0.3 is 0 Å². The van der Waals surface area contributed by atoms with Gasteiger partial charge in [0, 0.05) is 33.1 Å². The van der Waals surface area contributed by atoms with E-state index in [0.29, 0.717) is 51.0 Å². The maximum Gasteiger partial charge on any atom is 0.255 e. The normalized spacial score (nSPS) is 21.6. The molecule has 13 nitrogen and oxygen atoms in total. The van der Waals surface area contributed by atoms with Gasteiger partial charge in [-0.25, -0.2) is 0 Å². The first-order valence-electron chi connectivity index (χ1n) is 18.9. The number of carbonyl (C=O) groups is 4. The zero-order valence-corrected chi connectivity index (χ0v) is 31.1. The molecule has 3 atom stereocenters. The zero-order chi connectivity index (χ0) is 37.7. The smallest absolute Gasteiger partial charge is 0.255 e. The van der Waals surface area contributed by atoms with Crippen LogP contribution in [0.4, 0.5) is 0 Å². The Balaban J connectivity index is 1.42. The molecule has 53 heavy (non-hydrogen) atoms. The minimum Gasteiger partial charge on any atom is -0.486 e. The molecule has 1 aromatic heterocycles. The highest BCUT2D eigenvalue weighted by Crippen LogP contribution is 2.25. The lowest BCUT2D eigenvalue weighted by Crippen LogP contribution is -2.57. The lowest BCUT2D eigenvalue weighted by molar-refractivity contribution is -0.147. The van der Waals surface area contributed by atoms with Crippen molar-refractivity contribution in [1.29, 1.82) is 5.26 Å². The average molecular weight is 725 g/mol. The second kappa shape index (κ2) is 19.0. The number of nitriles is 1. The number of ether oxygens (including phenoxy) is 1. The molecule has 13 heteroatoms. The highest BCUT2D eigenvalue weighted by molar-refractivity contribution is 6.01. The number of nitrogens with one attached hydrogen (secondary N) is 2. The number of rotatable bonds is 4. The van der Waals surface area contributed by atoms with Crippen molar-refractivity contribution < 1.29 is 23.9 Å². The Kier molecular flexibility index (Phi) is 14.0. The SMILES string of the molecule is CC(C)C[C@H]1NC(=O)c2cc(C#N)ccc2OCc2cn(nn2)CCCCCCCCNC(=O)[C@H](Cc2ccccc2)N(C)C(=O)[C@H]2CCCN2C1=O. The van der Waals surface area contributed by atoms with Crippen molar-refractivity contribution in [3.63, 3.8) is 0 Å². The van der Waals surface area contributed by atoms with Crippen LogP contribution in [0.3, 0.4) is 0 Å². The summed E-state index contributed by atoms with van der Waals surface area (Å²) < 4.78 is 7.83. The summed E-state index contributed by atoms with van der Waals surface area (Å²) >= 11 is 0. The van der Waals surface area contributed by atoms with E-state index in [4.69, 9.17) is 4.74 Å². The van der Waals surface area contributed by atoms with Crippen molar-refractivity contribution in [2.75, 3.05) is 20.1 Å². The van der Waals surface area contributed by atoms with E-state index in [1.165, 1.54) is 11.0 Å². The molecular weight excluding hydrogens is 672 g/mol. The Bertz CT molecular complexity index is 1750. The number of aryl methyl sites for hydroxylation is 1. The molecular formula is C40H52N8O5. The minimum atomic E-state index is -0.943. The summed E-state index contributed by atoms with van der Waals surface area (Å²) in [6.45, 7) is 5.56. The molecule has 1 saturated heterocycles. The third-order valence-electron chi connectivity index (χ3n) is 9.95. The largest absolute Gasteiger partial charge is 0.486 e. The van der Waals surface area contributed by atoms with Crippen molar-refractivity contribution in [1.82, 2.24) is 35.4 Å². The van der Waals surface area contributed by atoms with Crippen LogP contribution < -0.4 is 15.4 Å². The fourth-order valence-electron chi connectivity index (χ4n) is 7.05. The third kappa shape index (κ3) is 10.7. The van der Waals surface area contributed by atoms with Gasteiger partial charge in [0.1, 0.15) is 36.2 Å². The summed E-state index contributed by atoms with van der Waals surface area (Å²) in [5, 5.41) is 24.1. The molecule has 282 valence electrons. The fraction of sp³-hybridized carbons (Fsp3) is 0.525. The quantitative estimate of drug-likeness (QED) is 0.400. The van der Waals surface area contributed by atoms with Gasteiger partial charge in [0.15, 0.2) is 0 Å². The maximum atomic E-state index is 14.3. The van der Waals surface area contributed by atoms with Gasteiger partial charge in [-0.3, -0.25) is 23.9 Å². The van der Waals surface area contributed by atoms with E-state index in [1.807, 2.05) is 50.4 Å². The monoisotopic (exact) mass is 724 g/mol. The van der Waals surface area contributed by atoms with E-state index < -0.39 is 24.0 Å². The van der Waals surface area contributed by atoms with Crippen LogP contribution in [0.5, 0.6) is 5.75 Å². The Morgan fingerprint density at radius 2 is 1.70 bits per heavy atom. The summed E-state index contributed by atoms with van der Waals surface area (Å²) in [5.74, 6) is -1.19. The van der Waals surface area contributed by atoms with Gasteiger partial charge in [-0.2, -0.15) is 5.26 Å². The molecule has 4 amide bonds. The van der Waals surface area contributed by atoms with Gasteiger partial charge in [-0.15, -0.1) is 5.10 Å². The Labute approximate surface area is 312 Å². The maximum absolute atomic E-state index is 14.3. The number of benzene rings is 2. The number of hydrogen-bond acceptors (Lipinski definition) is 8. The van der Waals surface area contributed by atoms with Crippen LogP contribution in [0.15, 0.2) is 54.7 Å². The van der Waals surface area contributed by atoms with E-state index in [2.05, 4.69) is 27.0 Å². The van der Waals surface area contributed by atoms with Gasteiger partial charge in [0.2, 0.25) is 17.7 Å². The summed E-state index contributed by atoms with van der Waals surface area (Å²) in [6, 6.07) is 13.8. The predicted molar refractivity (Wildman–Crippen MR) is 198 cm³/mol. The molecule has 2 aliphatic rings. The lowest BCUT2D eigenvalue weighted by atomic mass is 10.0. The number of amides is 4. The van der Waals surface area contributed by atoms with E-state index in [1.54, 1.807) is 28.8 Å². The van der Waals surface area contributed by atoms with Crippen molar-refractivity contribution >= 4 is 23.6 Å². The molecule has 2 aliphatic heterocycles. The number of likely N-dealkylation sites (N-methyl/N-ethyl adjacent to an activating group) is 1. The van der Waals surface area contributed by atoms with Crippen LogP contribution >= 0.6 is 0 Å². The topological polar surface area (TPSA) is 163 Å². The molecule has 0 aliphatic carbocycles. The number of fused-ring (bicyclic) bond motifs is 4. The first kappa shape index (κ1) is 39.0. The van der Waals surface area contributed by atoms with Crippen LogP contribution in [0, 0.1) is 17.2 Å². The van der Waals surface area contributed by atoms with Gasteiger partial charge in [-0.05, 0) is 61.8 Å². The Morgan fingerprint density at radius 1 is 0.943 bits per heavy atom. The molecule has 0 saturated carbocycles. The molecule has 5 rings (SSSR count).